The largest absolute Gasteiger partial charge is 0.409 e. The number of carbonyl (C=O) groups excluding carboxylic acids is 1. The first-order valence-corrected chi connectivity index (χ1v) is 16.7. The highest BCUT2D eigenvalue weighted by Crippen LogP contribution is 2.45. The van der Waals surface area contributed by atoms with E-state index in [1.54, 1.807) is 7.11 Å². The van der Waals surface area contributed by atoms with Gasteiger partial charge >= 0.3 is 6.18 Å². The molecule has 8 nitrogen and oxygen atoms in total. The minimum absolute atomic E-state index is 0.0718. The van der Waals surface area contributed by atoms with Crippen molar-refractivity contribution in [3.8, 4) is 0 Å². The van der Waals surface area contributed by atoms with Gasteiger partial charge in [-0.05, 0) is 57.4 Å². The zero-order chi connectivity index (χ0) is 28.8. The summed E-state index contributed by atoms with van der Waals surface area (Å²) >= 11 is 6.49. The van der Waals surface area contributed by atoms with E-state index >= 15 is 0 Å². The average molecular weight is 612 g/mol. The molecular weight excluding hydrogens is 567 g/mol. The van der Waals surface area contributed by atoms with Crippen LogP contribution in [0.3, 0.4) is 0 Å². The molecule has 4 aliphatic heterocycles. The molecule has 1 aliphatic carbocycles. The summed E-state index contributed by atoms with van der Waals surface area (Å²) in [6.07, 6.45) is 0.451. The SMILES string of the molecule is COC[C@]1(C)CCN(C2CCC([C@H](N(C)C(=O)C3CCS(=O)CC3)C(F)(F)F)CC2)C2CNC3CC(Cl)NN3C21. The highest BCUT2D eigenvalue weighted by atomic mass is 35.5. The van der Waals surface area contributed by atoms with Gasteiger partial charge in [-0.1, -0.05) is 6.92 Å². The quantitative estimate of drug-likeness (QED) is 0.353. The van der Waals surface area contributed by atoms with Gasteiger partial charge in [0.15, 0.2) is 0 Å². The van der Waals surface area contributed by atoms with Crippen molar-refractivity contribution in [1.82, 2.24) is 25.6 Å². The molecule has 0 aromatic heterocycles. The van der Waals surface area contributed by atoms with Crippen LogP contribution in [0.25, 0.3) is 0 Å². The standard InChI is InChI=1S/C27H45ClF3N5O3S/c1-26(16-39-3)10-11-35(20-15-32-22-14-21(28)33-36(22)24(20)26)19-6-4-17(5-7-19)23(27(29,30)31)34(2)25(37)18-8-12-40(38)13-9-18/h17-24,32-33H,4-16H2,1-3H3/t17?,18?,19?,20?,21?,22?,23-,24?,26-,40?/m0/s1. The lowest BCUT2D eigenvalue weighted by atomic mass is 9.70. The summed E-state index contributed by atoms with van der Waals surface area (Å²) < 4.78 is 60.7. The number of likely N-dealkylation sites (tertiary alicyclic amines) is 1. The Hall–Kier alpha value is -0.500. The van der Waals surface area contributed by atoms with Gasteiger partial charge in [-0.25, -0.2) is 10.4 Å². The maximum absolute atomic E-state index is 14.4. The summed E-state index contributed by atoms with van der Waals surface area (Å²) in [5.74, 6) is -0.752. The van der Waals surface area contributed by atoms with Crippen LogP contribution in [0.1, 0.15) is 58.3 Å². The molecule has 40 heavy (non-hydrogen) atoms. The summed E-state index contributed by atoms with van der Waals surface area (Å²) in [5.41, 5.74) is 3.25. The van der Waals surface area contributed by atoms with E-state index in [1.165, 1.54) is 7.05 Å². The fraction of sp³-hybridized carbons (Fsp3) is 0.963. The topological polar surface area (TPSA) is 77.1 Å². The van der Waals surface area contributed by atoms with Gasteiger partial charge in [-0.3, -0.25) is 19.2 Å². The Balaban J connectivity index is 1.27. The lowest BCUT2D eigenvalue weighted by Crippen LogP contribution is -2.75. The summed E-state index contributed by atoms with van der Waals surface area (Å²) in [6.45, 7) is 4.60. The molecule has 4 saturated heterocycles. The number of carbonyl (C=O) groups is 1. The van der Waals surface area contributed by atoms with Crippen molar-refractivity contribution in [2.24, 2.45) is 17.3 Å². The van der Waals surface area contributed by atoms with Crippen LogP contribution in [0.4, 0.5) is 13.2 Å². The molecule has 0 bridgehead atoms. The Morgan fingerprint density at radius 1 is 1.20 bits per heavy atom. The van der Waals surface area contributed by atoms with E-state index in [2.05, 4.69) is 27.6 Å². The number of fused-ring (bicyclic) bond motifs is 3. The summed E-state index contributed by atoms with van der Waals surface area (Å²) in [7, 11) is 2.09. The number of nitrogens with zero attached hydrogens (tertiary/aromatic N) is 3. The van der Waals surface area contributed by atoms with Crippen molar-refractivity contribution in [2.45, 2.75) is 100 Å². The maximum atomic E-state index is 14.4. The first-order chi connectivity index (χ1) is 18.9. The Morgan fingerprint density at radius 2 is 1.88 bits per heavy atom. The first-order valence-electron chi connectivity index (χ1n) is 14.8. The normalized spacial score (nSPS) is 42.2. The van der Waals surface area contributed by atoms with Crippen molar-refractivity contribution in [3.63, 3.8) is 0 Å². The summed E-state index contributed by atoms with van der Waals surface area (Å²) in [5, 5.41) is 5.93. The number of rotatable bonds is 6. The first kappa shape index (κ1) is 30.9. The molecule has 0 aromatic rings. The zero-order valence-corrected chi connectivity index (χ0v) is 25.4. The molecule has 2 N–H and O–H groups in total. The van der Waals surface area contributed by atoms with Crippen LogP contribution in [0, 0.1) is 17.3 Å². The van der Waals surface area contributed by atoms with Gasteiger partial charge in [0.1, 0.15) is 6.04 Å². The fourth-order valence-corrected chi connectivity index (χ4v) is 9.96. The van der Waals surface area contributed by atoms with Gasteiger partial charge in [0.25, 0.3) is 0 Å². The number of piperidine rings is 1. The Kier molecular flexibility index (Phi) is 9.47. The Bertz CT molecular complexity index is 932. The molecule has 1 saturated carbocycles. The molecule has 5 rings (SSSR count). The molecule has 0 aromatic carbocycles. The lowest BCUT2D eigenvalue weighted by Gasteiger charge is -2.59. The third-order valence-electron chi connectivity index (χ3n) is 10.3. The minimum Gasteiger partial charge on any atom is -0.384 e. The molecule has 6 atom stereocenters. The predicted octanol–water partition coefficient (Wildman–Crippen LogP) is 2.89. The molecule has 4 unspecified atom stereocenters. The lowest BCUT2D eigenvalue weighted by molar-refractivity contribution is -0.203. The number of nitrogens with one attached hydrogen (secondary N) is 2. The van der Waals surface area contributed by atoms with E-state index in [4.69, 9.17) is 16.3 Å². The van der Waals surface area contributed by atoms with Crippen LogP contribution < -0.4 is 10.7 Å². The number of ether oxygens (including phenoxy) is 1. The van der Waals surface area contributed by atoms with Crippen LogP contribution in [-0.4, -0.2) is 112 Å². The van der Waals surface area contributed by atoms with Crippen molar-refractivity contribution in [2.75, 3.05) is 45.4 Å². The molecule has 230 valence electrons. The number of amides is 1. The number of methoxy groups -OCH3 is 1. The summed E-state index contributed by atoms with van der Waals surface area (Å²) in [4.78, 5) is 16.6. The van der Waals surface area contributed by atoms with Gasteiger partial charge < -0.3 is 9.64 Å². The second-order valence-corrected chi connectivity index (χ2v) is 15.1. The van der Waals surface area contributed by atoms with Crippen molar-refractivity contribution >= 4 is 28.3 Å². The average Bonchev–Trinajstić information content (AvgIpc) is 3.29. The van der Waals surface area contributed by atoms with Crippen molar-refractivity contribution in [3.05, 3.63) is 0 Å². The van der Waals surface area contributed by atoms with Crippen LogP contribution >= 0.6 is 11.6 Å². The second-order valence-electron chi connectivity index (χ2n) is 12.9. The van der Waals surface area contributed by atoms with Crippen molar-refractivity contribution in [1.29, 1.82) is 0 Å². The molecule has 4 heterocycles. The van der Waals surface area contributed by atoms with Crippen LogP contribution in [0.5, 0.6) is 0 Å². The number of alkyl halides is 4. The molecule has 1 amide bonds. The van der Waals surface area contributed by atoms with Crippen molar-refractivity contribution < 1.29 is 26.9 Å². The third-order valence-corrected chi connectivity index (χ3v) is 12.0. The van der Waals surface area contributed by atoms with E-state index in [0.717, 1.165) is 30.8 Å². The highest BCUT2D eigenvalue weighted by Gasteiger charge is 2.56. The number of hydrogen-bond donors (Lipinski definition) is 2. The van der Waals surface area contributed by atoms with E-state index in [9.17, 15) is 22.2 Å². The minimum atomic E-state index is -4.49. The van der Waals surface area contributed by atoms with Crippen LogP contribution in [-0.2, 0) is 20.3 Å². The Labute approximate surface area is 243 Å². The van der Waals surface area contributed by atoms with Gasteiger partial charge in [0.05, 0.1) is 24.3 Å². The molecule has 0 radical (unpaired) electrons. The third kappa shape index (κ3) is 6.10. The van der Waals surface area contributed by atoms with E-state index < -0.39 is 40.8 Å². The zero-order valence-electron chi connectivity index (χ0n) is 23.8. The maximum Gasteiger partial charge on any atom is 0.409 e. The van der Waals surface area contributed by atoms with Crippen LogP contribution in [0.2, 0.25) is 0 Å². The second kappa shape index (κ2) is 12.2. The molecule has 13 heteroatoms. The smallest absolute Gasteiger partial charge is 0.384 e. The van der Waals surface area contributed by atoms with E-state index in [0.29, 0.717) is 56.6 Å². The predicted molar refractivity (Wildman–Crippen MR) is 149 cm³/mol. The molecule has 5 aliphatic rings. The van der Waals surface area contributed by atoms with E-state index in [-0.39, 0.29) is 35.2 Å². The Morgan fingerprint density at radius 3 is 2.50 bits per heavy atom. The van der Waals surface area contributed by atoms with Gasteiger partial charge in [0, 0.05) is 72.8 Å². The fourth-order valence-electron chi connectivity index (χ4n) is 8.38. The molecule has 5 fully saturated rings. The van der Waals surface area contributed by atoms with Gasteiger partial charge in [0.2, 0.25) is 5.91 Å². The van der Waals surface area contributed by atoms with Crippen LogP contribution in [0.15, 0.2) is 0 Å². The summed E-state index contributed by atoms with van der Waals surface area (Å²) in [6, 6.07) is -1.21. The molecular formula is C27H45ClF3N5O3S. The number of halogens is 4. The number of hydrogen-bond acceptors (Lipinski definition) is 7. The monoisotopic (exact) mass is 611 g/mol. The highest BCUT2D eigenvalue weighted by molar-refractivity contribution is 7.85. The van der Waals surface area contributed by atoms with Gasteiger partial charge in [-0.2, -0.15) is 13.2 Å². The van der Waals surface area contributed by atoms with E-state index in [1.807, 2.05) is 0 Å². The molecule has 0 spiro atoms. The van der Waals surface area contributed by atoms with Gasteiger partial charge in [-0.15, -0.1) is 11.6 Å². The number of hydrazine groups is 1.